The van der Waals surface area contributed by atoms with Gasteiger partial charge in [0.15, 0.2) is 11.6 Å². The number of halogens is 3. The molecule has 0 radical (unpaired) electrons. The van der Waals surface area contributed by atoms with Gasteiger partial charge in [-0.1, -0.05) is 20.8 Å². The zero-order valence-electron chi connectivity index (χ0n) is 11.9. The summed E-state index contributed by atoms with van der Waals surface area (Å²) >= 11 is 0. The van der Waals surface area contributed by atoms with Crippen LogP contribution in [0.25, 0.3) is 0 Å². The molecule has 0 bridgehead atoms. The molecular formula is C15H20F3NO. The lowest BCUT2D eigenvalue weighted by molar-refractivity contribution is -0.0521. The van der Waals surface area contributed by atoms with E-state index in [0.717, 1.165) is 12.8 Å². The summed E-state index contributed by atoms with van der Waals surface area (Å²) in [6.45, 7) is 3.58. The van der Waals surface area contributed by atoms with Crippen LogP contribution in [0, 0.1) is 17.2 Å². The largest absolute Gasteiger partial charge is 0.432 e. The summed E-state index contributed by atoms with van der Waals surface area (Å²) in [5.41, 5.74) is 0.868. The minimum atomic E-state index is -3.01. The molecule has 1 aromatic carbocycles. The highest BCUT2D eigenvalue weighted by molar-refractivity contribution is 5.48. The third-order valence-electron chi connectivity index (χ3n) is 3.83. The lowest BCUT2D eigenvalue weighted by atomic mass is 9.91. The van der Waals surface area contributed by atoms with E-state index in [1.165, 1.54) is 12.1 Å². The molecule has 2 unspecified atom stereocenters. The number of rotatable bonds is 4. The van der Waals surface area contributed by atoms with Gasteiger partial charge in [0.1, 0.15) is 0 Å². The van der Waals surface area contributed by atoms with Crippen molar-refractivity contribution in [3.8, 4) is 5.75 Å². The van der Waals surface area contributed by atoms with E-state index in [1.807, 2.05) is 0 Å². The summed E-state index contributed by atoms with van der Waals surface area (Å²) in [6, 6.07) is 4.27. The lowest BCUT2D eigenvalue weighted by Crippen LogP contribution is -2.22. The Morgan fingerprint density at radius 2 is 2.00 bits per heavy atom. The molecule has 2 nitrogen and oxygen atoms in total. The molecule has 0 spiro atoms. The highest BCUT2D eigenvalue weighted by Crippen LogP contribution is 2.42. The summed E-state index contributed by atoms with van der Waals surface area (Å²) < 4.78 is 41.8. The van der Waals surface area contributed by atoms with E-state index in [9.17, 15) is 13.2 Å². The van der Waals surface area contributed by atoms with Crippen molar-refractivity contribution in [3.63, 3.8) is 0 Å². The van der Waals surface area contributed by atoms with E-state index < -0.39 is 18.2 Å². The highest BCUT2D eigenvalue weighted by atomic mass is 19.3. The Labute approximate surface area is 117 Å². The van der Waals surface area contributed by atoms with Crippen molar-refractivity contribution in [2.24, 2.45) is 11.3 Å². The van der Waals surface area contributed by atoms with Crippen molar-refractivity contribution in [2.45, 2.75) is 46.3 Å². The van der Waals surface area contributed by atoms with Crippen molar-refractivity contribution < 1.29 is 17.9 Å². The van der Waals surface area contributed by atoms with E-state index in [-0.39, 0.29) is 11.5 Å². The monoisotopic (exact) mass is 287 g/mol. The molecule has 0 saturated heterocycles. The van der Waals surface area contributed by atoms with Crippen molar-refractivity contribution in [1.29, 1.82) is 0 Å². The maximum atomic E-state index is 13.6. The predicted octanol–water partition coefficient (Wildman–Crippen LogP) is 4.66. The molecule has 0 aliphatic heterocycles. The van der Waals surface area contributed by atoms with Crippen LogP contribution in [0.1, 0.15) is 33.6 Å². The molecule has 112 valence electrons. The lowest BCUT2D eigenvalue weighted by Gasteiger charge is -2.20. The van der Waals surface area contributed by atoms with Crippen molar-refractivity contribution in [1.82, 2.24) is 0 Å². The number of hydrogen-bond acceptors (Lipinski definition) is 2. The van der Waals surface area contributed by atoms with Gasteiger partial charge in [0.25, 0.3) is 0 Å². The molecule has 1 fully saturated rings. The fraction of sp³-hybridized carbons (Fsp3) is 0.600. The summed E-state index contributed by atoms with van der Waals surface area (Å²) in [7, 11) is 0. The maximum absolute atomic E-state index is 13.6. The van der Waals surface area contributed by atoms with Crippen molar-refractivity contribution in [2.75, 3.05) is 5.32 Å². The molecule has 1 aromatic rings. The third-order valence-corrected chi connectivity index (χ3v) is 3.83. The van der Waals surface area contributed by atoms with Gasteiger partial charge in [-0.3, -0.25) is 0 Å². The quantitative estimate of drug-likeness (QED) is 0.869. The normalized spacial score (nSPS) is 24.9. The van der Waals surface area contributed by atoms with Crippen LogP contribution in [-0.4, -0.2) is 12.7 Å². The molecular weight excluding hydrogens is 267 g/mol. The molecule has 2 rings (SSSR count). The molecule has 1 aliphatic rings. The first-order chi connectivity index (χ1) is 9.27. The number of alkyl halides is 2. The minimum absolute atomic E-state index is 0.270. The van der Waals surface area contributed by atoms with E-state index >= 15 is 0 Å². The Morgan fingerprint density at radius 3 is 2.50 bits per heavy atom. The zero-order chi connectivity index (χ0) is 14.9. The molecule has 0 aromatic heterocycles. The fourth-order valence-corrected chi connectivity index (χ4v) is 3.08. The van der Waals surface area contributed by atoms with E-state index in [2.05, 4.69) is 30.8 Å². The van der Waals surface area contributed by atoms with Crippen LogP contribution in [0.3, 0.4) is 0 Å². The van der Waals surface area contributed by atoms with Crippen LogP contribution in [-0.2, 0) is 0 Å². The van der Waals surface area contributed by atoms with Gasteiger partial charge >= 0.3 is 6.61 Å². The second kappa shape index (κ2) is 5.54. The zero-order valence-corrected chi connectivity index (χ0v) is 11.9. The first kappa shape index (κ1) is 15.0. The predicted molar refractivity (Wildman–Crippen MR) is 72.6 cm³/mol. The van der Waals surface area contributed by atoms with Crippen LogP contribution in [0.5, 0.6) is 5.75 Å². The van der Waals surface area contributed by atoms with Crippen LogP contribution in [0.2, 0.25) is 0 Å². The van der Waals surface area contributed by atoms with E-state index in [0.29, 0.717) is 11.6 Å². The van der Waals surface area contributed by atoms with Gasteiger partial charge < -0.3 is 10.1 Å². The van der Waals surface area contributed by atoms with Crippen LogP contribution in [0.15, 0.2) is 18.2 Å². The Bertz CT molecular complexity index is 476. The average Bonchev–Trinajstić information content (AvgIpc) is 2.55. The molecule has 0 heterocycles. The van der Waals surface area contributed by atoms with Gasteiger partial charge in [-0.05, 0) is 36.3 Å². The SMILES string of the molecule is CC1CC(C)(C)CC1Nc1ccc(OC(F)F)c(F)c1. The number of hydrogen-bond donors (Lipinski definition) is 1. The van der Waals surface area contributed by atoms with Gasteiger partial charge in [0.05, 0.1) is 0 Å². The Hall–Kier alpha value is -1.39. The second-order valence-corrected chi connectivity index (χ2v) is 6.32. The second-order valence-electron chi connectivity index (χ2n) is 6.32. The van der Waals surface area contributed by atoms with Gasteiger partial charge in [-0.25, -0.2) is 4.39 Å². The first-order valence-electron chi connectivity index (χ1n) is 6.78. The molecule has 1 saturated carbocycles. The molecule has 1 N–H and O–H groups in total. The molecule has 2 atom stereocenters. The fourth-order valence-electron chi connectivity index (χ4n) is 3.08. The van der Waals surface area contributed by atoms with Gasteiger partial charge in [0, 0.05) is 17.8 Å². The summed E-state index contributed by atoms with van der Waals surface area (Å²) in [4.78, 5) is 0. The van der Waals surface area contributed by atoms with Crippen LogP contribution >= 0.6 is 0 Å². The standard InChI is InChI=1S/C15H20F3NO/c1-9-7-15(2,3)8-12(9)19-10-4-5-13(11(16)6-10)20-14(17)18/h4-6,9,12,14,19H,7-8H2,1-3H3. The van der Waals surface area contributed by atoms with Crippen molar-refractivity contribution in [3.05, 3.63) is 24.0 Å². The third kappa shape index (κ3) is 3.58. The summed E-state index contributed by atoms with van der Waals surface area (Å²) in [6.07, 6.45) is 2.12. The molecule has 20 heavy (non-hydrogen) atoms. The van der Waals surface area contributed by atoms with Crippen LogP contribution < -0.4 is 10.1 Å². The number of nitrogens with one attached hydrogen (secondary N) is 1. The van der Waals surface area contributed by atoms with Gasteiger partial charge in [0.2, 0.25) is 0 Å². The Morgan fingerprint density at radius 1 is 1.30 bits per heavy atom. The molecule has 0 amide bonds. The number of ether oxygens (including phenoxy) is 1. The Balaban J connectivity index is 2.06. The molecule has 1 aliphatic carbocycles. The average molecular weight is 287 g/mol. The van der Waals surface area contributed by atoms with Gasteiger partial charge in [-0.2, -0.15) is 8.78 Å². The Kier molecular flexibility index (Phi) is 4.16. The summed E-state index contributed by atoms with van der Waals surface area (Å²) in [5.74, 6) is -0.712. The number of benzene rings is 1. The van der Waals surface area contributed by atoms with E-state index in [4.69, 9.17) is 0 Å². The van der Waals surface area contributed by atoms with Crippen LogP contribution in [0.4, 0.5) is 18.9 Å². The topological polar surface area (TPSA) is 21.3 Å². The molecule has 5 heteroatoms. The minimum Gasteiger partial charge on any atom is -0.432 e. The smallest absolute Gasteiger partial charge is 0.387 e. The number of anilines is 1. The maximum Gasteiger partial charge on any atom is 0.387 e. The van der Waals surface area contributed by atoms with E-state index in [1.54, 1.807) is 6.07 Å². The summed E-state index contributed by atoms with van der Waals surface area (Å²) in [5, 5.41) is 3.28. The first-order valence-corrected chi connectivity index (χ1v) is 6.78. The highest BCUT2D eigenvalue weighted by Gasteiger charge is 2.36. The van der Waals surface area contributed by atoms with Gasteiger partial charge in [-0.15, -0.1) is 0 Å². The van der Waals surface area contributed by atoms with Crippen molar-refractivity contribution >= 4 is 5.69 Å².